The van der Waals surface area contributed by atoms with E-state index in [1.165, 1.54) is 0 Å². The van der Waals surface area contributed by atoms with Gasteiger partial charge in [-0.25, -0.2) is 8.42 Å². The van der Waals surface area contributed by atoms with E-state index >= 15 is 0 Å². The first kappa shape index (κ1) is 13.4. The van der Waals surface area contributed by atoms with Crippen molar-refractivity contribution in [1.82, 2.24) is 5.16 Å². The summed E-state index contributed by atoms with van der Waals surface area (Å²) in [6, 6.07) is 5.10. The second-order valence-electron chi connectivity index (χ2n) is 4.35. The van der Waals surface area contributed by atoms with Crippen molar-refractivity contribution in [1.29, 1.82) is 0 Å². The molecule has 0 aliphatic rings. The summed E-state index contributed by atoms with van der Waals surface area (Å²) in [6.45, 7) is 5.00. The van der Waals surface area contributed by atoms with Gasteiger partial charge in [0, 0.05) is 0 Å². The zero-order valence-electron chi connectivity index (χ0n) is 10.9. The van der Waals surface area contributed by atoms with Gasteiger partial charge < -0.3 is 10.3 Å². The number of rotatable bonds is 3. The van der Waals surface area contributed by atoms with Crippen molar-refractivity contribution >= 4 is 21.4 Å². The quantitative estimate of drug-likeness (QED) is 0.838. The van der Waals surface area contributed by atoms with Crippen LogP contribution in [0.25, 0.3) is 0 Å². The van der Waals surface area contributed by atoms with Crippen molar-refractivity contribution in [2.75, 3.05) is 10.5 Å². The van der Waals surface area contributed by atoms with Crippen LogP contribution in [0.2, 0.25) is 0 Å². The van der Waals surface area contributed by atoms with E-state index in [0.29, 0.717) is 17.1 Å². The van der Waals surface area contributed by atoms with Gasteiger partial charge in [-0.3, -0.25) is 4.72 Å². The van der Waals surface area contributed by atoms with Gasteiger partial charge in [0.05, 0.1) is 11.4 Å². The van der Waals surface area contributed by atoms with E-state index in [2.05, 4.69) is 9.88 Å². The van der Waals surface area contributed by atoms with Crippen LogP contribution in [0.15, 0.2) is 27.6 Å². The third-order valence-corrected chi connectivity index (χ3v) is 4.30. The lowest BCUT2D eigenvalue weighted by atomic mass is 10.2. The minimum atomic E-state index is -3.75. The highest BCUT2D eigenvalue weighted by molar-refractivity contribution is 7.92. The fourth-order valence-corrected chi connectivity index (χ4v) is 3.25. The Kier molecular flexibility index (Phi) is 3.23. The summed E-state index contributed by atoms with van der Waals surface area (Å²) in [5, 5.41) is 3.64. The van der Waals surface area contributed by atoms with Crippen molar-refractivity contribution in [3.63, 3.8) is 0 Å². The Morgan fingerprint density at radius 2 is 1.95 bits per heavy atom. The number of nitrogens with two attached hydrogens (primary N) is 1. The van der Waals surface area contributed by atoms with Gasteiger partial charge in [-0.2, -0.15) is 0 Å². The van der Waals surface area contributed by atoms with Crippen LogP contribution in [-0.4, -0.2) is 13.6 Å². The molecule has 6 nitrogen and oxygen atoms in total. The molecule has 7 heteroatoms. The maximum Gasteiger partial charge on any atom is 0.267 e. The number of sulfonamides is 1. The molecule has 0 bridgehead atoms. The fraction of sp³-hybridized carbons (Fsp3) is 0.250. The Labute approximate surface area is 111 Å². The third-order valence-electron chi connectivity index (χ3n) is 2.69. The van der Waals surface area contributed by atoms with E-state index < -0.39 is 10.0 Å². The van der Waals surface area contributed by atoms with Gasteiger partial charge in [-0.15, -0.1) is 0 Å². The molecule has 0 saturated carbocycles. The predicted molar refractivity (Wildman–Crippen MR) is 72.4 cm³/mol. The lowest BCUT2D eigenvalue weighted by Crippen LogP contribution is -2.15. The normalized spacial score (nSPS) is 11.5. The summed E-state index contributed by atoms with van der Waals surface area (Å²) in [5.74, 6) is 0.246. The van der Waals surface area contributed by atoms with E-state index in [0.717, 1.165) is 5.56 Å². The fourth-order valence-electron chi connectivity index (χ4n) is 1.83. The van der Waals surface area contributed by atoms with Gasteiger partial charge in [-0.1, -0.05) is 11.2 Å². The average molecular weight is 281 g/mol. The minimum absolute atomic E-state index is 0.0486. The summed E-state index contributed by atoms with van der Waals surface area (Å²) in [7, 11) is -3.75. The first-order valence-corrected chi connectivity index (χ1v) is 7.11. The first-order chi connectivity index (χ1) is 8.81. The molecule has 0 amide bonds. The van der Waals surface area contributed by atoms with E-state index in [9.17, 15) is 8.42 Å². The number of nitrogens with one attached hydrogen (secondary N) is 1. The molecule has 3 N–H and O–H groups in total. The third kappa shape index (κ3) is 2.55. The van der Waals surface area contributed by atoms with E-state index in [1.54, 1.807) is 32.0 Å². The Morgan fingerprint density at radius 3 is 2.47 bits per heavy atom. The van der Waals surface area contributed by atoms with Crippen LogP contribution >= 0.6 is 0 Å². The molecule has 102 valence electrons. The molecule has 0 aliphatic carbocycles. The maximum absolute atomic E-state index is 12.3. The van der Waals surface area contributed by atoms with Gasteiger partial charge >= 0.3 is 0 Å². The number of hydrogen-bond acceptors (Lipinski definition) is 5. The summed E-state index contributed by atoms with van der Waals surface area (Å²) in [4.78, 5) is 0.0486. The highest BCUT2D eigenvalue weighted by Gasteiger charge is 2.24. The largest absolute Gasteiger partial charge is 0.397 e. The maximum atomic E-state index is 12.3. The molecule has 19 heavy (non-hydrogen) atoms. The molecular weight excluding hydrogens is 266 g/mol. The first-order valence-electron chi connectivity index (χ1n) is 5.63. The molecule has 2 aromatic rings. The molecule has 0 fully saturated rings. The smallest absolute Gasteiger partial charge is 0.267 e. The SMILES string of the molecule is Cc1ccc(NS(=O)(=O)c2c(C)noc2C)c(N)c1. The van der Waals surface area contributed by atoms with Crippen molar-refractivity contribution in [2.45, 2.75) is 25.7 Å². The van der Waals surface area contributed by atoms with Crippen molar-refractivity contribution in [3.8, 4) is 0 Å². The highest BCUT2D eigenvalue weighted by Crippen LogP contribution is 2.26. The van der Waals surface area contributed by atoms with Crippen LogP contribution in [0.3, 0.4) is 0 Å². The Bertz CT molecular complexity index is 700. The second-order valence-corrected chi connectivity index (χ2v) is 5.97. The average Bonchev–Trinajstić information content (AvgIpc) is 2.63. The zero-order chi connectivity index (χ0) is 14.2. The molecule has 0 aliphatic heterocycles. The van der Waals surface area contributed by atoms with Gasteiger partial charge in [-0.05, 0) is 38.5 Å². The molecule has 1 heterocycles. The van der Waals surface area contributed by atoms with Crippen LogP contribution in [-0.2, 0) is 10.0 Å². The van der Waals surface area contributed by atoms with Gasteiger partial charge in [0.15, 0.2) is 10.7 Å². The van der Waals surface area contributed by atoms with E-state index in [4.69, 9.17) is 10.3 Å². The lowest BCUT2D eigenvalue weighted by molar-refractivity contribution is 0.390. The molecule has 0 radical (unpaired) electrons. The summed E-state index contributed by atoms with van der Waals surface area (Å²) >= 11 is 0. The van der Waals surface area contributed by atoms with Gasteiger partial charge in [0.1, 0.15) is 5.69 Å². The number of anilines is 2. The molecule has 0 atom stereocenters. The molecule has 0 spiro atoms. The standard InChI is InChI=1S/C12H15N3O3S/c1-7-4-5-11(10(13)6-7)15-19(16,17)12-8(2)14-18-9(12)3/h4-6,15H,13H2,1-3H3. The van der Waals surface area contributed by atoms with E-state index in [-0.39, 0.29) is 10.7 Å². The molecular formula is C12H15N3O3S. The predicted octanol–water partition coefficient (Wildman–Crippen LogP) is 1.98. The van der Waals surface area contributed by atoms with Crippen LogP contribution in [0.1, 0.15) is 17.0 Å². The Morgan fingerprint density at radius 1 is 1.26 bits per heavy atom. The minimum Gasteiger partial charge on any atom is -0.397 e. The number of nitrogens with zero attached hydrogens (tertiary/aromatic N) is 1. The Balaban J connectivity index is 2.42. The number of aromatic nitrogens is 1. The molecule has 1 aromatic heterocycles. The van der Waals surface area contributed by atoms with Crippen LogP contribution in [0.5, 0.6) is 0 Å². The van der Waals surface area contributed by atoms with Crippen LogP contribution in [0, 0.1) is 20.8 Å². The summed E-state index contributed by atoms with van der Waals surface area (Å²) in [5.41, 5.74) is 7.77. The number of benzene rings is 1. The van der Waals surface area contributed by atoms with E-state index in [1.807, 2.05) is 6.92 Å². The molecule has 2 rings (SSSR count). The van der Waals surface area contributed by atoms with Crippen molar-refractivity contribution < 1.29 is 12.9 Å². The van der Waals surface area contributed by atoms with Gasteiger partial charge in [0.25, 0.3) is 10.0 Å². The molecule has 0 unspecified atom stereocenters. The number of hydrogen-bond donors (Lipinski definition) is 2. The van der Waals surface area contributed by atoms with Gasteiger partial charge in [0.2, 0.25) is 0 Å². The molecule has 1 aromatic carbocycles. The monoisotopic (exact) mass is 281 g/mol. The Hall–Kier alpha value is -2.02. The lowest BCUT2D eigenvalue weighted by Gasteiger charge is -2.10. The number of nitrogen functional groups attached to an aromatic ring is 1. The second kappa shape index (κ2) is 4.58. The highest BCUT2D eigenvalue weighted by atomic mass is 32.2. The van der Waals surface area contributed by atoms with Crippen molar-refractivity contribution in [2.24, 2.45) is 0 Å². The zero-order valence-corrected chi connectivity index (χ0v) is 11.7. The molecule has 0 saturated heterocycles. The topological polar surface area (TPSA) is 98.2 Å². The van der Waals surface area contributed by atoms with Crippen LogP contribution in [0.4, 0.5) is 11.4 Å². The summed E-state index contributed by atoms with van der Waals surface area (Å²) < 4.78 is 31.9. The summed E-state index contributed by atoms with van der Waals surface area (Å²) in [6.07, 6.45) is 0. The van der Waals surface area contributed by atoms with Crippen molar-refractivity contribution in [3.05, 3.63) is 35.2 Å². The van der Waals surface area contributed by atoms with Crippen LogP contribution < -0.4 is 10.5 Å². The number of aryl methyl sites for hydroxylation is 3.